The number of carbonyl (C=O) groups is 1. The van der Waals surface area contributed by atoms with Gasteiger partial charge in [0.05, 0.1) is 11.0 Å². The lowest BCUT2D eigenvalue weighted by Gasteiger charge is -2.10. The van der Waals surface area contributed by atoms with Crippen molar-refractivity contribution in [2.45, 2.75) is 44.9 Å². The van der Waals surface area contributed by atoms with Gasteiger partial charge in [-0.2, -0.15) is 0 Å². The summed E-state index contributed by atoms with van der Waals surface area (Å²) >= 11 is 0. The molecule has 0 aromatic heterocycles. The Morgan fingerprint density at radius 2 is 2.10 bits per heavy atom. The van der Waals surface area contributed by atoms with Crippen molar-refractivity contribution in [3.8, 4) is 0 Å². The van der Waals surface area contributed by atoms with Crippen molar-refractivity contribution in [1.29, 1.82) is 0 Å². The van der Waals surface area contributed by atoms with Gasteiger partial charge in [0.1, 0.15) is 0 Å². The third-order valence-corrected chi connectivity index (χ3v) is 5.88. The van der Waals surface area contributed by atoms with Gasteiger partial charge in [-0.05, 0) is 37.5 Å². The van der Waals surface area contributed by atoms with Crippen LogP contribution in [-0.2, 0) is 21.2 Å². The van der Waals surface area contributed by atoms with Gasteiger partial charge in [-0.25, -0.2) is 8.42 Å². The van der Waals surface area contributed by atoms with Crippen molar-refractivity contribution >= 4 is 21.4 Å². The van der Waals surface area contributed by atoms with E-state index in [1.165, 1.54) is 0 Å². The number of carbonyl (C=O) groups excluding carboxylic acids is 1. The van der Waals surface area contributed by atoms with Gasteiger partial charge in [0, 0.05) is 18.7 Å². The molecule has 118 valence electrons. The molecule has 1 aromatic rings. The fraction of sp³-hybridized carbons (Fsp3) is 0.533. The second-order valence-electron chi connectivity index (χ2n) is 5.14. The summed E-state index contributed by atoms with van der Waals surface area (Å²) in [6, 6.07) is 7.31. The normalized spacial score (nSPS) is 12.9. The Bertz CT molecular complexity index is 570. The van der Waals surface area contributed by atoms with Gasteiger partial charge < -0.3 is 11.1 Å². The van der Waals surface area contributed by atoms with Crippen LogP contribution < -0.4 is 11.1 Å². The van der Waals surface area contributed by atoms with Crippen LogP contribution in [0.1, 0.15) is 38.7 Å². The van der Waals surface area contributed by atoms with Gasteiger partial charge in [-0.3, -0.25) is 4.79 Å². The summed E-state index contributed by atoms with van der Waals surface area (Å²) < 4.78 is 23.7. The summed E-state index contributed by atoms with van der Waals surface area (Å²) in [6.45, 7) is 3.96. The minimum atomic E-state index is -3.09. The van der Waals surface area contributed by atoms with Crippen molar-refractivity contribution in [3.05, 3.63) is 29.8 Å². The lowest BCUT2D eigenvalue weighted by atomic mass is 10.2. The highest BCUT2D eigenvalue weighted by Gasteiger charge is 2.18. The minimum Gasteiger partial charge on any atom is -0.326 e. The third kappa shape index (κ3) is 5.85. The van der Waals surface area contributed by atoms with Crippen molar-refractivity contribution in [3.63, 3.8) is 0 Å². The molecule has 1 unspecified atom stereocenters. The minimum absolute atomic E-state index is 0.0538. The molecule has 1 rings (SSSR count). The number of sulfone groups is 1. The Balaban J connectivity index is 2.44. The maximum absolute atomic E-state index is 11.8. The monoisotopic (exact) mass is 312 g/mol. The summed E-state index contributed by atoms with van der Waals surface area (Å²) in [6.07, 6.45) is 1.14. The highest BCUT2D eigenvalue weighted by atomic mass is 32.2. The Hall–Kier alpha value is -1.40. The van der Waals surface area contributed by atoms with E-state index in [1.54, 1.807) is 13.0 Å². The average molecular weight is 312 g/mol. The molecule has 0 aliphatic carbocycles. The number of amides is 1. The number of rotatable bonds is 8. The van der Waals surface area contributed by atoms with E-state index in [0.717, 1.165) is 5.56 Å². The summed E-state index contributed by atoms with van der Waals surface area (Å²) in [5.74, 6) is -0.123. The van der Waals surface area contributed by atoms with Gasteiger partial charge in [-0.1, -0.05) is 19.1 Å². The van der Waals surface area contributed by atoms with E-state index in [9.17, 15) is 13.2 Å². The van der Waals surface area contributed by atoms with Crippen molar-refractivity contribution < 1.29 is 13.2 Å². The second-order valence-corrected chi connectivity index (χ2v) is 7.68. The van der Waals surface area contributed by atoms with Crippen LogP contribution in [0, 0.1) is 0 Å². The SMILES string of the molecule is CCC(C)S(=O)(=O)CCCC(=O)Nc1cccc(CN)c1. The molecule has 1 aromatic carbocycles. The molecule has 0 bridgehead atoms. The Labute approximate surface area is 126 Å². The Kier molecular flexibility index (Phi) is 6.84. The van der Waals surface area contributed by atoms with Gasteiger partial charge in [0.15, 0.2) is 9.84 Å². The summed E-state index contributed by atoms with van der Waals surface area (Å²) in [5.41, 5.74) is 7.16. The Morgan fingerprint density at radius 1 is 1.38 bits per heavy atom. The molecule has 1 amide bonds. The van der Waals surface area contributed by atoms with E-state index < -0.39 is 9.84 Å². The molecule has 5 nitrogen and oxygen atoms in total. The summed E-state index contributed by atoms with van der Waals surface area (Å²) in [4.78, 5) is 11.8. The number of hydrogen-bond acceptors (Lipinski definition) is 4. The maximum atomic E-state index is 11.8. The molecule has 0 heterocycles. The zero-order valence-corrected chi connectivity index (χ0v) is 13.4. The van der Waals surface area contributed by atoms with Crippen molar-refractivity contribution in [2.75, 3.05) is 11.1 Å². The highest BCUT2D eigenvalue weighted by Crippen LogP contribution is 2.12. The van der Waals surface area contributed by atoms with E-state index in [-0.39, 0.29) is 23.3 Å². The van der Waals surface area contributed by atoms with E-state index >= 15 is 0 Å². The largest absolute Gasteiger partial charge is 0.326 e. The van der Waals surface area contributed by atoms with Crippen LogP contribution in [-0.4, -0.2) is 25.3 Å². The quantitative estimate of drug-likeness (QED) is 0.769. The molecule has 0 radical (unpaired) electrons. The standard InChI is InChI=1S/C15H24N2O3S/c1-3-12(2)21(19,20)9-5-8-15(18)17-14-7-4-6-13(10-14)11-16/h4,6-7,10,12H,3,5,8-9,11,16H2,1-2H3,(H,17,18). The van der Waals surface area contributed by atoms with E-state index in [1.807, 2.05) is 25.1 Å². The molecular weight excluding hydrogens is 288 g/mol. The molecule has 0 aliphatic heterocycles. The van der Waals surface area contributed by atoms with Crippen LogP contribution in [0.25, 0.3) is 0 Å². The number of anilines is 1. The molecule has 6 heteroatoms. The molecule has 3 N–H and O–H groups in total. The first-order valence-electron chi connectivity index (χ1n) is 7.19. The molecule has 0 aliphatic rings. The van der Waals surface area contributed by atoms with Gasteiger partial charge in [0.25, 0.3) is 0 Å². The van der Waals surface area contributed by atoms with Crippen LogP contribution in [0.15, 0.2) is 24.3 Å². The lowest BCUT2D eigenvalue weighted by Crippen LogP contribution is -2.21. The number of nitrogens with two attached hydrogens (primary N) is 1. The van der Waals surface area contributed by atoms with Crippen LogP contribution in [0.5, 0.6) is 0 Å². The van der Waals surface area contributed by atoms with Crippen LogP contribution in [0.2, 0.25) is 0 Å². The smallest absolute Gasteiger partial charge is 0.224 e. The highest BCUT2D eigenvalue weighted by molar-refractivity contribution is 7.91. The first kappa shape index (κ1) is 17.7. The van der Waals surface area contributed by atoms with Crippen LogP contribution >= 0.6 is 0 Å². The van der Waals surface area contributed by atoms with Crippen molar-refractivity contribution in [2.24, 2.45) is 5.73 Å². The fourth-order valence-electron chi connectivity index (χ4n) is 1.89. The van der Waals surface area contributed by atoms with E-state index in [0.29, 0.717) is 25.1 Å². The summed E-state index contributed by atoms with van der Waals surface area (Å²) in [5, 5.41) is 2.41. The number of benzene rings is 1. The lowest BCUT2D eigenvalue weighted by molar-refractivity contribution is -0.116. The van der Waals surface area contributed by atoms with Crippen molar-refractivity contribution in [1.82, 2.24) is 0 Å². The molecule has 21 heavy (non-hydrogen) atoms. The number of hydrogen-bond donors (Lipinski definition) is 2. The molecule has 0 saturated heterocycles. The summed E-state index contributed by atoms with van der Waals surface area (Å²) in [7, 11) is -3.09. The maximum Gasteiger partial charge on any atom is 0.224 e. The van der Waals surface area contributed by atoms with Crippen LogP contribution in [0.4, 0.5) is 5.69 Å². The molecule has 1 atom stereocenters. The first-order valence-corrected chi connectivity index (χ1v) is 8.91. The molecule has 0 spiro atoms. The zero-order valence-electron chi connectivity index (χ0n) is 12.6. The number of nitrogens with one attached hydrogen (secondary N) is 1. The van der Waals surface area contributed by atoms with Gasteiger partial charge >= 0.3 is 0 Å². The second kappa shape index (κ2) is 8.14. The predicted molar refractivity (Wildman–Crippen MR) is 85.7 cm³/mol. The average Bonchev–Trinajstić information content (AvgIpc) is 2.46. The molecule has 0 fully saturated rings. The predicted octanol–water partition coefficient (Wildman–Crippen LogP) is 2.08. The topological polar surface area (TPSA) is 89.3 Å². The third-order valence-electron chi connectivity index (χ3n) is 3.47. The van der Waals surface area contributed by atoms with Crippen LogP contribution in [0.3, 0.4) is 0 Å². The molecule has 0 saturated carbocycles. The van der Waals surface area contributed by atoms with Gasteiger partial charge in [0.2, 0.25) is 5.91 Å². The van der Waals surface area contributed by atoms with Gasteiger partial charge in [-0.15, -0.1) is 0 Å². The first-order chi connectivity index (χ1) is 9.89. The molecular formula is C15H24N2O3S. The van der Waals surface area contributed by atoms with E-state index in [2.05, 4.69) is 5.32 Å². The Morgan fingerprint density at radius 3 is 2.71 bits per heavy atom. The van der Waals surface area contributed by atoms with E-state index in [4.69, 9.17) is 5.73 Å². The zero-order chi connectivity index (χ0) is 15.9. The fourth-order valence-corrected chi connectivity index (χ4v) is 3.35.